The van der Waals surface area contributed by atoms with Crippen molar-refractivity contribution in [3.63, 3.8) is 0 Å². The summed E-state index contributed by atoms with van der Waals surface area (Å²) in [6.07, 6.45) is 4.39. The monoisotopic (exact) mass is 325 g/mol. The molecule has 1 fully saturated rings. The minimum absolute atomic E-state index is 0.140. The maximum atomic E-state index is 12.2. The number of benzene rings is 1. The molecule has 0 bridgehead atoms. The number of ether oxygens (including phenoxy) is 1. The van der Waals surface area contributed by atoms with E-state index in [1.165, 1.54) is 6.20 Å². The largest absolute Gasteiger partial charge is 0.368 e. The summed E-state index contributed by atoms with van der Waals surface area (Å²) in [6, 6.07) is 10.8. The lowest BCUT2D eigenvalue weighted by atomic mass is 10.1. The smallest absolute Gasteiger partial charge is 0.253 e. The molecule has 2 aromatic rings. The molecule has 1 aliphatic heterocycles. The van der Waals surface area contributed by atoms with Crippen molar-refractivity contribution in [2.75, 3.05) is 11.9 Å². The van der Waals surface area contributed by atoms with Gasteiger partial charge in [-0.25, -0.2) is 0 Å². The zero-order valence-corrected chi connectivity index (χ0v) is 13.2. The summed E-state index contributed by atoms with van der Waals surface area (Å²) in [5.41, 5.74) is 2.02. The number of hydrogen-bond acceptors (Lipinski definition) is 4. The third kappa shape index (κ3) is 3.97. The van der Waals surface area contributed by atoms with Crippen molar-refractivity contribution < 1.29 is 14.3 Å². The molecule has 1 aromatic carbocycles. The van der Waals surface area contributed by atoms with Crippen LogP contribution in [-0.2, 0) is 16.1 Å². The molecule has 0 spiro atoms. The number of amides is 2. The third-order valence-electron chi connectivity index (χ3n) is 3.86. The van der Waals surface area contributed by atoms with Crippen LogP contribution in [0, 0.1) is 0 Å². The van der Waals surface area contributed by atoms with Crippen molar-refractivity contribution in [1.29, 1.82) is 0 Å². The van der Waals surface area contributed by atoms with E-state index in [-0.39, 0.29) is 17.9 Å². The molecular weight excluding hydrogens is 306 g/mol. The first-order valence-electron chi connectivity index (χ1n) is 7.92. The van der Waals surface area contributed by atoms with Crippen molar-refractivity contribution in [3.05, 3.63) is 59.9 Å². The molecule has 6 heteroatoms. The molecular formula is C18H19N3O3. The van der Waals surface area contributed by atoms with Gasteiger partial charge in [-0.1, -0.05) is 18.2 Å². The van der Waals surface area contributed by atoms with Crippen LogP contribution < -0.4 is 10.6 Å². The Kier molecular flexibility index (Phi) is 5.18. The summed E-state index contributed by atoms with van der Waals surface area (Å²) in [4.78, 5) is 28.2. The van der Waals surface area contributed by atoms with Crippen LogP contribution in [0.1, 0.15) is 28.8 Å². The van der Waals surface area contributed by atoms with Gasteiger partial charge in [-0.05, 0) is 36.6 Å². The Hall–Kier alpha value is -2.73. The van der Waals surface area contributed by atoms with Gasteiger partial charge in [-0.3, -0.25) is 14.6 Å². The molecule has 1 unspecified atom stereocenters. The molecule has 6 nitrogen and oxygen atoms in total. The van der Waals surface area contributed by atoms with Crippen LogP contribution in [0.4, 0.5) is 5.69 Å². The fourth-order valence-corrected chi connectivity index (χ4v) is 2.57. The van der Waals surface area contributed by atoms with Crippen LogP contribution in [0.5, 0.6) is 0 Å². The fraction of sp³-hybridized carbons (Fsp3) is 0.278. The molecule has 24 heavy (non-hydrogen) atoms. The highest BCUT2D eigenvalue weighted by Gasteiger charge is 2.24. The number of aromatic nitrogens is 1. The lowest BCUT2D eigenvalue weighted by molar-refractivity contribution is -0.124. The normalized spacial score (nSPS) is 16.6. The van der Waals surface area contributed by atoms with Crippen molar-refractivity contribution in [2.24, 2.45) is 0 Å². The second kappa shape index (κ2) is 7.70. The first-order chi connectivity index (χ1) is 11.7. The van der Waals surface area contributed by atoms with E-state index >= 15 is 0 Å². The molecule has 0 radical (unpaired) electrons. The minimum Gasteiger partial charge on any atom is -0.368 e. The highest BCUT2D eigenvalue weighted by atomic mass is 16.5. The Morgan fingerprint density at radius 3 is 2.83 bits per heavy atom. The topological polar surface area (TPSA) is 80.3 Å². The number of anilines is 1. The van der Waals surface area contributed by atoms with Gasteiger partial charge in [-0.15, -0.1) is 0 Å². The zero-order chi connectivity index (χ0) is 16.8. The number of nitrogens with one attached hydrogen (secondary N) is 2. The van der Waals surface area contributed by atoms with Crippen molar-refractivity contribution in [3.8, 4) is 0 Å². The molecule has 124 valence electrons. The van der Waals surface area contributed by atoms with E-state index in [1.54, 1.807) is 18.3 Å². The summed E-state index contributed by atoms with van der Waals surface area (Å²) in [5.74, 6) is -0.345. The van der Waals surface area contributed by atoms with Gasteiger partial charge in [-0.2, -0.15) is 0 Å². The second-order valence-electron chi connectivity index (χ2n) is 5.57. The van der Waals surface area contributed by atoms with Gasteiger partial charge in [0, 0.05) is 31.2 Å². The Bertz CT molecular complexity index is 712. The number of hydrogen-bond donors (Lipinski definition) is 2. The summed E-state index contributed by atoms with van der Waals surface area (Å²) in [6.45, 7) is 0.941. The van der Waals surface area contributed by atoms with Crippen molar-refractivity contribution in [1.82, 2.24) is 10.3 Å². The Morgan fingerprint density at radius 1 is 1.21 bits per heavy atom. The van der Waals surface area contributed by atoms with E-state index in [0.29, 0.717) is 24.4 Å². The van der Waals surface area contributed by atoms with Crippen molar-refractivity contribution in [2.45, 2.75) is 25.5 Å². The molecule has 1 atom stereocenters. The fourth-order valence-electron chi connectivity index (χ4n) is 2.57. The number of carbonyl (C=O) groups excluding carboxylic acids is 2. The van der Waals surface area contributed by atoms with E-state index in [4.69, 9.17) is 4.74 Å². The quantitative estimate of drug-likeness (QED) is 0.882. The standard InChI is InChI=1S/C18H19N3O3/c22-17(14-6-3-9-19-11-14)20-12-13-5-1-2-7-15(13)21-18(23)16-8-4-10-24-16/h1-3,5-7,9,11,16H,4,8,10,12H2,(H,20,22)(H,21,23). The zero-order valence-electron chi connectivity index (χ0n) is 13.2. The van der Waals surface area contributed by atoms with Gasteiger partial charge in [0.2, 0.25) is 0 Å². The Labute approximate surface area is 140 Å². The molecule has 2 amide bonds. The summed E-state index contributed by atoms with van der Waals surface area (Å²) in [7, 11) is 0. The van der Waals surface area contributed by atoms with Crippen molar-refractivity contribution >= 4 is 17.5 Å². The number of rotatable bonds is 5. The average molecular weight is 325 g/mol. The number of pyridine rings is 1. The first-order valence-corrected chi connectivity index (χ1v) is 7.92. The van der Waals surface area contributed by atoms with Gasteiger partial charge in [0.05, 0.1) is 5.56 Å². The number of para-hydroxylation sites is 1. The van der Waals surface area contributed by atoms with Gasteiger partial charge in [0.15, 0.2) is 0 Å². The van der Waals surface area contributed by atoms with Gasteiger partial charge < -0.3 is 15.4 Å². The highest BCUT2D eigenvalue weighted by Crippen LogP contribution is 2.18. The molecule has 3 rings (SSSR count). The van der Waals surface area contributed by atoms with Crippen LogP contribution in [0.15, 0.2) is 48.8 Å². The maximum absolute atomic E-state index is 12.2. The van der Waals surface area contributed by atoms with Gasteiger partial charge in [0.1, 0.15) is 6.10 Å². The van der Waals surface area contributed by atoms with E-state index in [9.17, 15) is 9.59 Å². The van der Waals surface area contributed by atoms with E-state index in [2.05, 4.69) is 15.6 Å². The Balaban J connectivity index is 1.63. The predicted octanol–water partition coefficient (Wildman–Crippen LogP) is 2.13. The highest BCUT2D eigenvalue weighted by molar-refractivity contribution is 5.95. The van der Waals surface area contributed by atoms with E-state index < -0.39 is 0 Å². The van der Waals surface area contributed by atoms with Crippen LogP contribution in [0.3, 0.4) is 0 Å². The summed E-state index contributed by atoms with van der Waals surface area (Å²) >= 11 is 0. The summed E-state index contributed by atoms with van der Waals surface area (Å²) in [5, 5.41) is 5.73. The molecule has 0 saturated carbocycles. The Morgan fingerprint density at radius 2 is 2.08 bits per heavy atom. The summed E-state index contributed by atoms with van der Waals surface area (Å²) < 4.78 is 5.39. The van der Waals surface area contributed by atoms with Crippen LogP contribution >= 0.6 is 0 Å². The van der Waals surface area contributed by atoms with Gasteiger partial charge >= 0.3 is 0 Å². The third-order valence-corrected chi connectivity index (χ3v) is 3.86. The number of nitrogens with zero attached hydrogens (tertiary/aromatic N) is 1. The predicted molar refractivity (Wildman–Crippen MR) is 89.5 cm³/mol. The molecule has 1 saturated heterocycles. The van der Waals surface area contributed by atoms with Gasteiger partial charge in [0.25, 0.3) is 11.8 Å². The van der Waals surface area contributed by atoms with Crippen LogP contribution in [-0.4, -0.2) is 29.5 Å². The van der Waals surface area contributed by atoms with E-state index in [0.717, 1.165) is 18.4 Å². The molecule has 0 aliphatic carbocycles. The first kappa shape index (κ1) is 16.1. The molecule has 2 heterocycles. The maximum Gasteiger partial charge on any atom is 0.253 e. The number of carbonyl (C=O) groups is 2. The second-order valence-corrected chi connectivity index (χ2v) is 5.57. The SMILES string of the molecule is O=C(NCc1ccccc1NC(=O)C1CCCO1)c1cccnc1. The van der Waals surface area contributed by atoms with Crippen LogP contribution in [0.2, 0.25) is 0 Å². The molecule has 2 N–H and O–H groups in total. The van der Waals surface area contributed by atoms with E-state index in [1.807, 2.05) is 24.3 Å². The van der Waals surface area contributed by atoms with Crippen LogP contribution in [0.25, 0.3) is 0 Å². The average Bonchev–Trinajstić information content (AvgIpc) is 3.16. The molecule has 1 aliphatic rings. The molecule has 1 aromatic heterocycles. The minimum atomic E-state index is -0.386. The lowest BCUT2D eigenvalue weighted by Crippen LogP contribution is -2.28. The lowest BCUT2D eigenvalue weighted by Gasteiger charge is -2.14.